The molecule has 1 heterocycles. The molecule has 0 amide bonds. The van der Waals surface area contributed by atoms with Crippen molar-refractivity contribution in [1.29, 1.82) is 5.26 Å². The predicted molar refractivity (Wildman–Crippen MR) is 79.7 cm³/mol. The fraction of sp³-hybridized carbons (Fsp3) is 0.562. The molecule has 0 aromatic heterocycles. The third kappa shape index (κ3) is 4.84. The summed E-state index contributed by atoms with van der Waals surface area (Å²) in [6.07, 6.45) is 2.62. The predicted octanol–water partition coefficient (Wildman–Crippen LogP) is 1.87. The van der Waals surface area contributed by atoms with Crippen LogP contribution in [0.2, 0.25) is 0 Å². The van der Waals surface area contributed by atoms with Crippen molar-refractivity contribution in [3.05, 3.63) is 29.8 Å². The molecule has 1 aromatic rings. The maximum atomic E-state index is 8.73. The second-order valence-corrected chi connectivity index (χ2v) is 5.46. The van der Waals surface area contributed by atoms with E-state index in [-0.39, 0.29) is 0 Å². The van der Waals surface area contributed by atoms with Gasteiger partial charge in [0.1, 0.15) is 12.4 Å². The van der Waals surface area contributed by atoms with E-state index in [2.05, 4.69) is 23.3 Å². The Kier molecular flexibility index (Phi) is 5.85. The number of likely N-dealkylation sites (N-methyl/N-ethyl adjacent to an activating group) is 1. The second-order valence-electron chi connectivity index (χ2n) is 5.46. The van der Waals surface area contributed by atoms with Gasteiger partial charge in [-0.25, -0.2) is 0 Å². The standard InChI is InChI=1S/C16H23N3O/c1-19(13-15-3-2-8-18-12-15)9-10-20-16-6-4-14(11-17)5-7-16/h4-7,15,18H,2-3,8-10,12-13H2,1H3. The molecule has 4 nitrogen and oxygen atoms in total. The summed E-state index contributed by atoms with van der Waals surface area (Å²) in [5.74, 6) is 1.60. The lowest BCUT2D eigenvalue weighted by Crippen LogP contribution is -2.38. The Morgan fingerprint density at radius 2 is 2.20 bits per heavy atom. The van der Waals surface area contributed by atoms with Crippen molar-refractivity contribution in [2.75, 3.05) is 39.8 Å². The van der Waals surface area contributed by atoms with Gasteiger partial charge in [0, 0.05) is 13.1 Å². The molecule has 1 unspecified atom stereocenters. The SMILES string of the molecule is CN(CCOc1ccc(C#N)cc1)CC1CCCNC1. The fourth-order valence-electron chi connectivity index (χ4n) is 2.56. The van der Waals surface area contributed by atoms with E-state index in [0.717, 1.165) is 31.3 Å². The number of ether oxygens (including phenoxy) is 1. The first-order valence-corrected chi connectivity index (χ1v) is 7.30. The van der Waals surface area contributed by atoms with Crippen LogP contribution < -0.4 is 10.1 Å². The van der Waals surface area contributed by atoms with Gasteiger partial charge in [0.05, 0.1) is 11.6 Å². The van der Waals surface area contributed by atoms with E-state index in [9.17, 15) is 0 Å². The highest BCUT2D eigenvalue weighted by Gasteiger charge is 2.14. The van der Waals surface area contributed by atoms with Crippen molar-refractivity contribution < 1.29 is 4.74 Å². The molecule has 1 saturated heterocycles. The summed E-state index contributed by atoms with van der Waals surface area (Å²) in [5.41, 5.74) is 0.666. The molecule has 0 aliphatic carbocycles. The summed E-state index contributed by atoms with van der Waals surface area (Å²) < 4.78 is 5.70. The van der Waals surface area contributed by atoms with Crippen molar-refractivity contribution in [2.45, 2.75) is 12.8 Å². The first kappa shape index (κ1) is 14.8. The fourth-order valence-corrected chi connectivity index (χ4v) is 2.56. The highest BCUT2D eigenvalue weighted by Crippen LogP contribution is 2.12. The van der Waals surface area contributed by atoms with Crippen molar-refractivity contribution in [3.63, 3.8) is 0 Å². The molecule has 4 heteroatoms. The molecule has 1 N–H and O–H groups in total. The Labute approximate surface area is 121 Å². The number of hydrogen-bond acceptors (Lipinski definition) is 4. The number of nitriles is 1. The Bertz CT molecular complexity index is 432. The van der Waals surface area contributed by atoms with Crippen LogP contribution in [0.5, 0.6) is 5.75 Å². The zero-order valence-corrected chi connectivity index (χ0v) is 12.1. The summed E-state index contributed by atoms with van der Waals surface area (Å²) >= 11 is 0. The number of nitrogens with zero attached hydrogens (tertiary/aromatic N) is 2. The van der Waals surface area contributed by atoms with Gasteiger partial charge in [0.25, 0.3) is 0 Å². The number of benzene rings is 1. The van der Waals surface area contributed by atoms with Crippen LogP contribution in [-0.2, 0) is 0 Å². The molecule has 20 heavy (non-hydrogen) atoms. The van der Waals surface area contributed by atoms with Crippen LogP contribution in [-0.4, -0.2) is 44.7 Å². The van der Waals surface area contributed by atoms with Gasteiger partial charge < -0.3 is 15.0 Å². The Balaban J connectivity index is 1.65. The average Bonchev–Trinajstić information content (AvgIpc) is 2.49. The number of rotatable bonds is 6. The monoisotopic (exact) mass is 273 g/mol. The minimum absolute atomic E-state index is 0.666. The molecule has 2 rings (SSSR count). The van der Waals surface area contributed by atoms with Gasteiger partial charge in [-0.05, 0) is 63.2 Å². The first-order chi connectivity index (χ1) is 9.78. The highest BCUT2D eigenvalue weighted by molar-refractivity contribution is 5.34. The lowest BCUT2D eigenvalue weighted by molar-refractivity contribution is 0.201. The first-order valence-electron chi connectivity index (χ1n) is 7.30. The van der Waals surface area contributed by atoms with Gasteiger partial charge in [0.15, 0.2) is 0 Å². The Morgan fingerprint density at radius 1 is 1.40 bits per heavy atom. The maximum absolute atomic E-state index is 8.73. The van der Waals surface area contributed by atoms with Crippen LogP contribution in [0, 0.1) is 17.2 Å². The largest absolute Gasteiger partial charge is 0.492 e. The van der Waals surface area contributed by atoms with Gasteiger partial charge in [-0.15, -0.1) is 0 Å². The van der Waals surface area contributed by atoms with Gasteiger partial charge in [0.2, 0.25) is 0 Å². The lowest BCUT2D eigenvalue weighted by Gasteiger charge is -2.27. The van der Waals surface area contributed by atoms with Crippen LogP contribution in [0.4, 0.5) is 0 Å². The molecular weight excluding hydrogens is 250 g/mol. The van der Waals surface area contributed by atoms with E-state index >= 15 is 0 Å². The van der Waals surface area contributed by atoms with E-state index in [1.54, 1.807) is 12.1 Å². The third-order valence-corrected chi connectivity index (χ3v) is 3.69. The van der Waals surface area contributed by atoms with Crippen molar-refractivity contribution in [3.8, 4) is 11.8 Å². The van der Waals surface area contributed by atoms with Crippen LogP contribution in [0.25, 0.3) is 0 Å². The number of piperidine rings is 1. The molecule has 1 aromatic carbocycles. The van der Waals surface area contributed by atoms with Gasteiger partial charge in [-0.3, -0.25) is 0 Å². The third-order valence-electron chi connectivity index (χ3n) is 3.69. The summed E-state index contributed by atoms with van der Waals surface area (Å²) in [6.45, 7) is 5.05. The quantitative estimate of drug-likeness (QED) is 0.859. The van der Waals surface area contributed by atoms with Crippen LogP contribution in [0.1, 0.15) is 18.4 Å². The van der Waals surface area contributed by atoms with Crippen molar-refractivity contribution in [1.82, 2.24) is 10.2 Å². The van der Waals surface area contributed by atoms with E-state index in [4.69, 9.17) is 10.00 Å². The lowest BCUT2D eigenvalue weighted by atomic mass is 9.99. The molecule has 1 atom stereocenters. The topological polar surface area (TPSA) is 48.3 Å². The molecule has 1 fully saturated rings. The summed E-state index contributed by atoms with van der Waals surface area (Å²) in [6, 6.07) is 9.37. The van der Waals surface area contributed by atoms with Gasteiger partial charge in [-0.2, -0.15) is 5.26 Å². The average molecular weight is 273 g/mol. The minimum atomic E-state index is 0.666. The summed E-state index contributed by atoms with van der Waals surface area (Å²) in [4.78, 5) is 2.33. The maximum Gasteiger partial charge on any atom is 0.119 e. The summed E-state index contributed by atoms with van der Waals surface area (Å²) in [7, 11) is 2.15. The van der Waals surface area contributed by atoms with E-state index in [0.29, 0.717) is 12.2 Å². The number of hydrogen-bond donors (Lipinski definition) is 1. The highest BCUT2D eigenvalue weighted by atomic mass is 16.5. The zero-order chi connectivity index (χ0) is 14.2. The van der Waals surface area contributed by atoms with Crippen molar-refractivity contribution >= 4 is 0 Å². The zero-order valence-electron chi connectivity index (χ0n) is 12.1. The van der Waals surface area contributed by atoms with Crippen LogP contribution in [0.15, 0.2) is 24.3 Å². The number of nitrogens with one attached hydrogen (secondary N) is 1. The molecule has 108 valence electrons. The van der Waals surface area contributed by atoms with E-state index < -0.39 is 0 Å². The molecule has 1 aliphatic rings. The molecule has 0 saturated carbocycles. The smallest absolute Gasteiger partial charge is 0.119 e. The van der Waals surface area contributed by atoms with Gasteiger partial charge >= 0.3 is 0 Å². The minimum Gasteiger partial charge on any atom is -0.492 e. The van der Waals surface area contributed by atoms with E-state index in [1.165, 1.54) is 19.4 Å². The summed E-state index contributed by atoms with van der Waals surface area (Å²) in [5, 5.41) is 12.2. The molecular formula is C16H23N3O. The van der Waals surface area contributed by atoms with Crippen LogP contribution >= 0.6 is 0 Å². The van der Waals surface area contributed by atoms with Crippen molar-refractivity contribution in [2.24, 2.45) is 5.92 Å². The molecule has 0 bridgehead atoms. The Hall–Kier alpha value is -1.57. The Morgan fingerprint density at radius 3 is 2.85 bits per heavy atom. The van der Waals surface area contributed by atoms with Gasteiger partial charge in [-0.1, -0.05) is 0 Å². The molecule has 0 spiro atoms. The van der Waals surface area contributed by atoms with Crippen LogP contribution in [0.3, 0.4) is 0 Å². The molecule has 1 aliphatic heterocycles. The molecule has 0 radical (unpaired) electrons. The second kappa shape index (κ2) is 7.88. The van der Waals surface area contributed by atoms with E-state index in [1.807, 2.05) is 12.1 Å². The normalized spacial score (nSPS) is 18.8.